The van der Waals surface area contributed by atoms with Crippen LogP contribution < -0.4 is 10.6 Å². The van der Waals surface area contributed by atoms with Crippen LogP contribution in [0.15, 0.2) is 0 Å². The highest BCUT2D eigenvalue weighted by molar-refractivity contribution is 7.80. The van der Waals surface area contributed by atoms with Crippen LogP contribution in [0.25, 0.3) is 0 Å². The van der Waals surface area contributed by atoms with Crippen LogP contribution in [-0.2, 0) is 9.13 Å². The molecule has 2 atom stereocenters. The number of rotatable bonds is 7. The fourth-order valence-corrected chi connectivity index (χ4v) is 4.75. The van der Waals surface area contributed by atoms with Gasteiger partial charge in [-0.05, 0) is 43.9 Å². The predicted octanol–water partition coefficient (Wildman–Crippen LogP) is 0.251. The summed E-state index contributed by atoms with van der Waals surface area (Å²) in [6.07, 6.45) is 2.92. The van der Waals surface area contributed by atoms with E-state index in [4.69, 9.17) is 19.6 Å². The largest absolute Gasteiger partial charge is 0.354 e. The van der Waals surface area contributed by atoms with Crippen LogP contribution >= 0.6 is 27.8 Å². The van der Waals surface area contributed by atoms with Gasteiger partial charge in [0.15, 0.2) is 0 Å². The summed E-state index contributed by atoms with van der Waals surface area (Å²) < 4.78 is 22.3. The normalized spacial score (nSPS) is 25.1. The predicted molar refractivity (Wildman–Crippen MR) is 78.6 cm³/mol. The quantitative estimate of drug-likeness (QED) is 0.257. The summed E-state index contributed by atoms with van der Waals surface area (Å²) in [6, 6.07) is 0. The molecule has 0 saturated carbocycles. The van der Waals surface area contributed by atoms with E-state index in [1.54, 1.807) is 0 Å². The molecule has 1 fully saturated rings. The molecule has 0 aromatic rings. The Balaban J connectivity index is 2.53. The van der Waals surface area contributed by atoms with Crippen molar-refractivity contribution < 1.29 is 28.7 Å². The minimum atomic E-state index is -4.92. The molecule has 11 heteroatoms. The minimum absolute atomic E-state index is 0.462. The molecule has 20 heavy (non-hydrogen) atoms. The van der Waals surface area contributed by atoms with E-state index in [0.717, 1.165) is 25.0 Å². The second kappa shape index (κ2) is 7.72. The SMILES string of the molecule is O=P(O)(O)C(NC1CCC(CCCS)CN1)P(=O)(O)O. The number of thiol groups is 1. The maximum Gasteiger partial charge on any atom is 0.354 e. The van der Waals surface area contributed by atoms with Crippen LogP contribution in [0, 0.1) is 5.92 Å². The molecule has 1 rings (SSSR count). The first-order valence-electron chi connectivity index (χ1n) is 6.35. The molecule has 1 aliphatic rings. The molecule has 0 aliphatic carbocycles. The Hall–Kier alpha value is 0.570. The molecule has 1 saturated heterocycles. The van der Waals surface area contributed by atoms with E-state index in [0.29, 0.717) is 18.9 Å². The monoisotopic (exact) mass is 348 g/mol. The van der Waals surface area contributed by atoms with Gasteiger partial charge in [0.05, 0.1) is 6.17 Å². The van der Waals surface area contributed by atoms with E-state index < -0.39 is 26.9 Å². The first-order valence-corrected chi connectivity index (χ1v) is 10.3. The Morgan fingerprint density at radius 3 is 2.20 bits per heavy atom. The molecule has 0 radical (unpaired) electrons. The third-order valence-electron chi connectivity index (χ3n) is 3.27. The van der Waals surface area contributed by atoms with Gasteiger partial charge < -0.3 is 24.9 Å². The summed E-state index contributed by atoms with van der Waals surface area (Å²) in [6.45, 7) is 0.653. The van der Waals surface area contributed by atoms with Crippen LogP contribution in [0.5, 0.6) is 0 Å². The Morgan fingerprint density at radius 1 is 1.20 bits per heavy atom. The number of piperidine rings is 1. The van der Waals surface area contributed by atoms with Crippen molar-refractivity contribution in [1.82, 2.24) is 10.6 Å². The fraction of sp³-hybridized carbons (Fsp3) is 1.00. The summed E-state index contributed by atoms with van der Waals surface area (Å²) in [5, 5.41) is 5.39. The topological polar surface area (TPSA) is 139 Å². The molecular weight excluding hydrogens is 326 g/mol. The molecule has 1 aliphatic heterocycles. The molecule has 2 unspecified atom stereocenters. The van der Waals surface area contributed by atoms with Crippen LogP contribution in [-0.4, -0.2) is 43.6 Å². The van der Waals surface area contributed by atoms with Crippen LogP contribution in [0.4, 0.5) is 0 Å². The van der Waals surface area contributed by atoms with Crippen molar-refractivity contribution in [1.29, 1.82) is 0 Å². The number of hydrogen-bond acceptors (Lipinski definition) is 5. The lowest BCUT2D eigenvalue weighted by Gasteiger charge is -2.33. The zero-order valence-electron chi connectivity index (χ0n) is 10.9. The van der Waals surface area contributed by atoms with Gasteiger partial charge >= 0.3 is 15.2 Å². The molecule has 8 nitrogen and oxygen atoms in total. The second-order valence-electron chi connectivity index (χ2n) is 4.99. The number of hydrogen-bond donors (Lipinski definition) is 7. The maximum absolute atomic E-state index is 11.2. The standard InChI is InChI=1S/C9H22N2O6P2S/c12-18(13,14)9(19(15,16)17)11-8-4-3-7(6-10-8)2-1-5-20/h7-11,20H,1-6H2,(H2,12,13,14)(H2,15,16,17). The third kappa shape index (κ3) is 6.13. The molecular formula is C9H22N2O6P2S. The zero-order valence-corrected chi connectivity index (χ0v) is 13.6. The lowest BCUT2D eigenvalue weighted by Crippen LogP contribution is -2.51. The average Bonchev–Trinajstić information content (AvgIpc) is 2.32. The van der Waals surface area contributed by atoms with Crippen molar-refractivity contribution in [2.45, 2.75) is 37.4 Å². The van der Waals surface area contributed by atoms with Gasteiger partial charge in [0.2, 0.25) is 5.52 Å². The van der Waals surface area contributed by atoms with Crippen molar-refractivity contribution in [3.05, 3.63) is 0 Å². The van der Waals surface area contributed by atoms with Gasteiger partial charge in [0.1, 0.15) is 0 Å². The Kier molecular flexibility index (Phi) is 7.19. The third-order valence-corrected chi connectivity index (χ3v) is 6.97. The maximum atomic E-state index is 11.2. The Morgan fingerprint density at radius 2 is 1.80 bits per heavy atom. The Labute approximate surface area is 123 Å². The van der Waals surface area contributed by atoms with Crippen LogP contribution in [0.3, 0.4) is 0 Å². The van der Waals surface area contributed by atoms with Gasteiger partial charge in [0.25, 0.3) is 0 Å². The van der Waals surface area contributed by atoms with Gasteiger partial charge in [0, 0.05) is 0 Å². The molecule has 6 N–H and O–H groups in total. The molecule has 1 heterocycles. The Bertz CT molecular complexity index is 370. The van der Waals surface area contributed by atoms with E-state index >= 15 is 0 Å². The van der Waals surface area contributed by atoms with Crippen molar-refractivity contribution >= 4 is 27.8 Å². The summed E-state index contributed by atoms with van der Waals surface area (Å²) >= 11 is 4.14. The van der Waals surface area contributed by atoms with E-state index in [1.165, 1.54) is 0 Å². The lowest BCUT2D eigenvalue weighted by atomic mass is 9.94. The van der Waals surface area contributed by atoms with Crippen molar-refractivity contribution in [2.24, 2.45) is 5.92 Å². The summed E-state index contributed by atoms with van der Waals surface area (Å²) in [5.41, 5.74) is -2.15. The molecule has 0 aromatic carbocycles. The van der Waals surface area contributed by atoms with E-state index in [-0.39, 0.29) is 0 Å². The molecule has 120 valence electrons. The van der Waals surface area contributed by atoms with Crippen molar-refractivity contribution in [3.63, 3.8) is 0 Å². The van der Waals surface area contributed by atoms with Gasteiger partial charge in [-0.1, -0.05) is 0 Å². The molecule has 0 amide bonds. The lowest BCUT2D eigenvalue weighted by molar-refractivity contribution is 0.252. The highest BCUT2D eigenvalue weighted by atomic mass is 32.1. The average molecular weight is 348 g/mol. The summed E-state index contributed by atoms with van der Waals surface area (Å²) in [4.78, 5) is 36.1. The van der Waals surface area contributed by atoms with Gasteiger partial charge in [-0.3, -0.25) is 14.4 Å². The van der Waals surface area contributed by atoms with Crippen molar-refractivity contribution in [2.75, 3.05) is 12.3 Å². The second-order valence-corrected chi connectivity index (χ2v) is 9.23. The van der Waals surface area contributed by atoms with Gasteiger partial charge in [-0.2, -0.15) is 12.6 Å². The highest BCUT2D eigenvalue weighted by Crippen LogP contribution is 2.58. The number of nitrogens with one attached hydrogen (secondary N) is 2. The van der Waals surface area contributed by atoms with Crippen LogP contribution in [0.1, 0.15) is 25.7 Å². The molecule has 0 bridgehead atoms. The fourth-order valence-electron chi connectivity index (χ4n) is 2.25. The molecule has 0 spiro atoms. The zero-order chi connectivity index (χ0) is 15.4. The highest BCUT2D eigenvalue weighted by Gasteiger charge is 2.44. The van der Waals surface area contributed by atoms with E-state index in [2.05, 4.69) is 23.3 Å². The smallest absolute Gasteiger partial charge is 0.323 e. The van der Waals surface area contributed by atoms with Gasteiger partial charge in [-0.15, -0.1) is 0 Å². The first kappa shape index (κ1) is 18.6. The molecule has 0 aromatic heterocycles. The van der Waals surface area contributed by atoms with E-state index in [9.17, 15) is 9.13 Å². The van der Waals surface area contributed by atoms with Crippen molar-refractivity contribution in [3.8, 4) is 0 Å². The summed E-state index contributed by atoms with van der Waals surface area (Å²) in [7, 11) is -9.84. The summed E-state index contributed by atoms with van der Waals surface area (Å²) in [5.74, 6) is 1.28. The van der Waals surface area contributed by atoms with E-state index in [1.807, 2.05) is 0 Å². The minimum Gasteiger partial charge on any atom is -0.323 e. The first-order chi connectivity index (χ1) is 9.14. The van der Waals surface area contributed by atoms with Gasteiger partial charge in [-0.25, -0.2) is 0 Å². The van der Waals surface area contributed by atoms with Crippen LogP contribution in [0.2, 0.25) is 0 Å².